The minimum absolute atomic E-state index is 0.313. The molecule has 1 aliphatic heterocycles. The van der Waals surface area contributed by atoms with Crippen LogP contribution in [0.15, 0.2) is 47.8 Å². The molecule has 2 aromatic rings. The lowest BCUT2D eigenvalue weighted by atomic mass is 10.0. The molecule has 3 rings (SSSR count). The van der Waals surface area contributed by atoms with E-state index in [0.29, 0.717) is 38.2 Å². The number of amides is 1. The van der Waals surface area contributed by atoms with Crippen LogP contribution in [0.25, 0.3) is 0 Å². The fraction of sp³-hybridized carbons (Fsp3) is 0.450. The lowest BCUT2D eigenvalue weighted by Crippen LogP contribution is -2.48. The summed E-state index contributed by atoms with van der Waals surface area (Å²) in [6, 6.07) is 12.2. The van der Waals surface area contributed by atoms with Gasteiger partial charge in [-0.2, -0.15) is 0 Å². The third kappa shape index (κ3) is 4.48. The highest BCUT2D eigenvalue weighted by atomic mass is 32.1. The Morgan fingerprint density at radius 3 is 2.76 bits per heavy atom. The van der Waals surface area contributed by atoms with Gasteiger partial charge in [-0.3, -0.25) is 4.79 Å². The molecule has 134 valence electrons. The van der Waals surface area contributed by atoms with E-state index in [-0.39, 0.29) is 6.04 Å². The molecule has 0 saturated carbocycles. The Kier molecular flexibility index (Phi) is 4.35. The van der Waals surface area contributed by atoms with Gasteiger partial charge >= 0.3 is 0 Å². The number of β-amino-alcohol motifs (C(OH)–C–C–N with tert-alkyl or cyclic N) is 1. The van der Waals surface area contributed by atoms with Gasteiger partial charge in [0.1, 0.15) is 6.10 Å². The fourth-order valence-electron chi connectivity index (χ4n) is 3.32. The Hall–Kier alpha value is -1.69. The lowest BCUT2D eigenvalue weighted by Gasteiger charge is -2.39. The minimum Gasteiger partial charge on any atom is -0.386 e. The Morgan fingerprint density at radius 2 is 2.12 bits per heavy atom. The maximum atomic E-state index is 13.1. The van der Waals surface area contributed by atoms with Crippen LogP contribution < -0.4 is 4.90 Å². The molecule has 2 heterocycles. The van der Waals surface area contributed by atoms with E-state index >= 15 is 0 Å². The molecule has 25 heavy (non-hydrogen) atoms. The van der Waals surface area contributed by atoms with Crippen molar-refractivity contribution in [3.05, 3.63) is 52.7 Å². The first kappa shape index (κ1) is 12.6. The quantitative estimate of drug-likeness (QED) is 0.851. The summed E-state index contributed by atoms with van der Waals surface area (Å²) in [6.07, 6.45) is -2.42. The first-order chi connectivity index (χ1) is 14.1. The lowest BCUT2D eigenvalue weighted by molar-refractivity contribution is -0.119. The van der Waals surface area contributed by atoms with E-state index in [1.165, 1.54) is 16.2 Å². The van der Waals surface area contributed by atoms with Gasteiger partial charge in [0, 0.05) is 49.5 Å². The molecule has 1 aromatic heterocycles. The number of hydrogen-bond donors (Lipinski definition) is 1. The molecule has 1 saturated heterocycles. The van der Waals surface area contributed by atoms with Gasteiger partial charge in [-0.1, -0.05) is 31.1 Å². The number of carbonyl (C=O) groups is 1. The largest absolute Gasteiger partial charge is 0.386 e. The van der Waals surface area contributed by atoms with E-state index < -0.39 is 25.2 Å². The first-order valence-corrected chi connectivity index (χ1v) is 9.32. The molecule has 1 unspecified atom stereocenters. The summed E-state index contributed by atoms with van der Waals surface area (Å²) in [5.41, 5.74) is 0.493. The Bertz CT molecular complexity index is 821. The Labute approximate surface area is 160 Å². The van der Waals surface area contributed by atoms with Crippen LogP contribution in [0, 0.1) is 0 Å². The van der Waals surface area contributed by atoms with E-state index in [2.05, 4.69) is 4.90 Å². The van der Waals surface area contributed by atoms with Crippen molar-refractivity contribution in [1.82, 2.24) is 4.90 Å². The molecular weight excluding hydrogens is 332 g/mol. The van der Waals surface area contributed by atoms with Crippen molar-refractivity contribution >= 4 is 22.9 Å². The van der Waals surface area contributed by atoms with E-state index in [1.807, 2.05) is 17.5 Å². The van der Waals surface area contributed by atoms with Gasteiger partial charge in [0.05, 0.1) is 0 Å². The summed E-state index contributed by atoms with van der Waals surface area (Å²) in [7, 11) is 0. The molecule has 1 amide bonds. The van der Waals surface area contributed by atoms with Crippen molar-refractivity contribution in [3.8, 4) is 0 Å². The number of likely N-dealkylation sites (tertiary alicyclic amines) is 1. The number of nitrogens with zero attached hydrogens (tertiary/aromatic N) is 2. The molecule has 0 bridgehead atoms. The maximum absolute atomic E-state index is 13.1. The van der Waals surface area contributed by atoms with Crippen molar-refractivity contribution in [2.75, 3.05) is 24.5 Å². The van der Waals surface area contributed by atoms with Crippen LogP contribution in [-0.2, 0) is 4.79 Å². The highest BCUT2D eigenvalue weighted by Crippen LogP contribution is 2.26. The molecular formula is C20H26N2O2S. The SMILES string of the molecule is [2H]C([2H])([2H])C([2H])([2H])C(=O)N(c1ccccc1)C1CCN(CC(O)c2cccs2)CC1. The summed E-state index contributed by atoms with van der Waals surface area (Å²) >= 11 is 1.51. The highest BCUT2D eigenvalue weighted by molar-refractivity contribution is 7.10. The second-order valence-corrected chi connectivity index (χ2v) is 7.18. The number of para-hydroxylation sites is 1. The fourth-order valence-corrected chi connectivity index (χ4v) is 4.02. The van der Waals surface area contributed by atoms with Crippen molar-refractivity contribution in [2.24, 2.45) is 0 Å². The number of anilines is 1. The van der Waals surface area contributed by atoms with Crippen LogP contribution in [0.4, 0.5) is 5.69 Å². The van der Waals surface area contributed by atoms with Crippen molar-refractivity contribution in [3.63, 3.8) is 0 Å². The molecule has 0 aliphatic carbocycles. The minimum atomic E-state index is -3.05. The maximum Gasteiger partial charge on any atom is 0.226 e. The monoisotopic (exact) mass is 363 g/mol. The third-order valence-electron chi connectivity index (χ3n) is 4.59. The Morgan fingerprint density at radius 1 is 1.36 bits per heavy atom. The van der Waals surface area contributed by atoms with Crippen molar-refractivity contribution < 1.29 is 16.8 Å². The average Bonchev–Trinajstić information content (AvgIpc) is 3.24. The number of piperidine rings is 1. The van der Waals surface area contributed by atoms with Gasteiger partial charge in [0.2, 0.25) is 5.91 Å². The van der Waals surface area contributed by atoms with Crippen LogP contribution in [0.2, 0.25) is 0 Å². The predicted octanol–water partition coefficient (Wildman–Crippen LogP) is 3.69. The average molecular weight is 364 g/mol. The number of benzene rings is 1. The molecule has 5 heteroatoms. The molecule has 1 N–H and O–H groups in total. The van der Waals surface area contributed by atoms with Gasteiger partial charge in [-0.05, 0) is 36.4 Å². The van der Waals surface area contributed by atoms with Crippen LogP contribution >= 0.6 is 11.3 Å². The summed E-state index contributed by atoms with van der Waals surface area (Å²) in [5, 5.41) is 12.3. The summed E-state index contributed by atoms with van der Waals surface area (Å²) in [6.45, 7) is -1.31. The summed E-state index contributed by atoms with van der Waals surface area (Å²) in [5.74, 6) is -1.04. The van der Waals surface area contributed by atoms with Gasteiger partial charge in [0.15, 0.2) is 0 Å². The molecule has 1 aromatic carbocycles. The molecule has 0 spiro atoms. The van der Waals surface area contributed by atoms with Crippen LogP contribution in [-0.4, -0.2) is 41.6 Å². The molecule has 4 nitrogen and oxygen atoms in total. The van der Waals surface area contributed by atoms with Crippen LogP contribution in [0.1, 0.15) is 43.9 Å². The number of thiophene rings is 1. The predicted molar refractivity (Wildman–Crippen MR) is 103 cm³/mol. The molecule has 0 radical (unpaired) electrons. The zero-order valence-electron chi connectivity index (χ0n) is 19.0. The highest BCUT2D eigenvalue weighted by Gasteiger charge is 2.29. The van der Waals surface area contributed by atoms with E-state index in [1.54, 1.807) is 30.3 Å². The van der Waals surface area contributed by atoms with Gasteiger partial charge in [-0.15, -0.1) is 11.3 Å². The van der Waals surface area contributed by atoms with Crippen LogP contribution in [0.3, 0.4) is 0 Å². The molecule has 1 aliphatic rings. The van der Waals surface area contributed by atoms with Crippen molar-refractivity contribution in [1.29, 1.82) is 0 Å². The number of carbonyl (C=O) groups excluding carboxylic acids is 1. The van der Waals surface area contributed by atoms with Crippen molar-refractivity contribution in [2.45, 2.75) is 38.2 Å². The van der Waals surface area contributed by atoms with E-state index in [9.17, 15) is 9.90 Å². The second kappa shape index (κ2) is 8.61. The zero-order chi connectivity index (χ0) is 21.9. The van der Waals surface area contributed by atoms with Gasteiger partial charge < -0.3 is 14.9 Å². The number of rotatable bonds is 6. The van der Waals surface area contributed by atoms with E-state index in [0.717, 1.165) is 4.88 Å². The standard InChI is InChI=1S/C20H26N2O2S/c1-2-20(24)22(16-7-4-3-5-8-16)17-10-12-21(13-11-17)15-18(23)19-9-6-14-25-19/h3-9,14,17-18,23H,2,10-13,15H2,1H3/i1D3,2D2. The molecule has 1 fully saturated rings. The molecule has 1 atom stereocenters. The van der Waals surface area contributed by atoms with E-state index in [4.69, 9.17) is 6.85 Å². The summed E-state index contributed by atoms with van der Waals surface area (Å²) in [4.78, 5) is 17.4. The first-order valence-electron chi connectivity index (χ1n) is 10.9. The Balaban J connectivity index is 1.73. The number of hydrogen-bond acceptors (Lipinski definition) is 4. The normalized spacial score (nSPS) is 21.4. The topological polar surface area (TPSA) is 43.8 Å². The van der Waals surface area contributed by atoms with Gasteiger partial charge in [-0.25, -0.2) is 0 Å². The third-order valence-corrected chi connectivity index (χ3v) is 5.56. The summed E-state index contributed by atoms with van der Waals surface area (Å²) < 4.78 is 38.4. The van der Waals surface area contributed by atoms with Crippen LogP contribution in [0.5, 0.6) is 0 Å². The number of aliphatic hydroxyl groups is 1. The zero-order valence-corrected chi connectivity index (χ0v) is 14.8. The van der Waals surface area contributed by atoms with Gasteiger partial charge in [0.25, 0.3) is 0 Å². The second-order valence-electron chi connectivity index (χ2n) is 6.20. The smallest absolute Gasteiger partial charge is 0.226 e. The number of aliphatic hydroxyl groups excluding tert-OH is 1.